The number of ketones is 1. The third-order valence-corrected chi connectivity index (χ3v) is 1.30. The van der Waals surface area contributed by atoms with Crippen molar-refractivity contribution in [3.63, 3.8) is 0 Å². The van der Waals surface area contributed by atoms with Gasteiger partial charge < -0.3 is 9.53 Å². The smallest absolute Gasteiger partial charge is 0.302 e. The molecule has 0 aromatic heterocycles. The number of hydrogen-bond acceptors (Lipinski definition) is 3. The number of hydrogen-bond donors (Lipinski definition) is 0. The number of Topliss-reactive ketones (excluding diaryl/α,β-unsaturated/α-hetero) is 1. The van der Waals surface area contributed by atoms with Gasteiger partial charge in [-0.1, -0.05) is 39.5 Å². The van der Waals surface area contributed by atoms with Crippen LogP contribution < -0.4 is 0 Å². The van der Waals surface area contributed by atoms with Crippen molar-refractivity contribution in [2.75, 3.05) is 6.61 Å². The summed E-state index contributed by atoms with van der Waals surface area (Å²) in [4.78, 5) is 19.3. The van der Waals surface area contributed by atoms with Gasteiger partial charge in [0.25, 0.3) is 0 Å². The number of carbonyl (C=O) groups is 2. The predicted molar refractivity (Wildman–Crippen MR) is 68.5 cm³/mol. The molecule has 0 N–H and O–H groups in total. The molecule has 3 heteroatoms. The zero-order valence-corrected chi connectivity index (χ0v) is 11.8. The Morgan fingerprint density at radius 2 is 1.19 bits per heavy atom. The molecule has 0 aromatic rings. The van der Waals surface area contributed by atoms with Crippen molar-refractivity contribution in [1.82, 2.24) is 0 Å². The molecule has 3 nitrogen and oxygen atoms in total. The average Bonchev–Trinajstić information content (AvgIpc) is 2.14. The fourth-order valence-corrected chi connectivity index (χ4v) is 0.703. The topological polar surface area (TPSA) is 43.4 Å². The molecule has 0 fully saturated rings. The molecule has 0 radical (unpaired) electrons. The number of esters is 1. The van der Waals surface area contributed by atoms with Gasteiger partial charge in [0.05, 0.1) is 6.61 Å². The first-order chi connectivity index (χ1) is 7.42. The van der Waals surface area contributed by atoms with E-state index in [4.69, 9.17) is 0 Å². The van der Waals surface area contributed by atoms with Crippen LogP contribution in [0.3, 0.4) is 0 Å². The summed E-state index contributed by atoms with van der Waals surface area (Å²) in [5.74, 6) is -0.0440. The normalized spacial score (nSPS) is 7.88. The first-order valence-electron chi connectivity index (χ1n) is 6.02. The Hall–Kier alpha value is -0.860. The van der Waals surface area contributed by atoms with Crippen molar-refractivity contribution in [2.24, 2.45) is 0 Å². The average molecular weight is 232 g/mol. The van der Waals surface area contributed by atoms with Crippen molar-refractivity contribution in [2.45, 2.75) is 67.2 Å². The van der Waals surface area contributed by atoms with Crippen LogP contribution in [0, 0.1) is 0 Å². The second-order valence-corrected chi connectivity index (χ2v) is 3.54. The number of unbranched alkanes of at least 4 members (excludes halogenated alkanes) is 3. The van der Waals surface area contributed by atoms with Gasteiger partial charge in [0.15, 0.2) is 0 Å². The molecule has 0 amide bonds. The molecule has 0 saturated carbocycles. The molecular formula is C13H28O3. The summed E-state index contributed by atoms with van der Waals surface area (Å²) in [5.41, 5.74) is 0. The lowest BCUT2D eigenvalue weighted by Crippen LogP contribution is -1.95. The number of ether oxygens (including phenoxy) is 1. The second kappa shape index (κ2) is 19.7. The lowest BCUT2D eigenvalue weighted by molar-refractivity contribution is -0.140. The minimum absolute atomic E-state index is 0.167. The van der Waals surface area contributed by atoms with Gasteiger partial charge in [-0.3, -0.25) is 4.79 Å². The molecule has 0 unspecified atom stereocenters. The van der Waals surface area contributed by atoms with Crippen molar-refractivity contribution in [3.8, 4) is 0 Å². The fraction of sp³-hybridized carbons (Fsp3) is 0.846. The standard InChI is InChI=1S/C6H14.C4H8O2.C3H6O/c1-3-5-6-4-2;1-3-6-4(2)5;1-3(2)4/h3-6H2,1-2H3;3H2,1-2H3;1-2H3. The van der Waals surface area contributed by atoms with Crippen LogP contribution in [-0.2, 0) is 14.3 Å². The van der Waals surface area contributed by atoms with Crippen LogP contribution in [0.25, 0.3) is 0 Å². The number of carbonyl (C=O) groups excluding carboxylic acids is 2. The van der Waals surface area contributed by atoms with Gasteiger partial charge in [0, 0.05) is 6.92 Å². The van der Waals surface area contributed by atoms with Crippen LogP contribution in [0.2, 0.25) is 0 Å². The van der Waals surface area contributed by atoms with E-state index in [2.05, 4.69) is 18.6 Å². The summed E-state index contributed by atoms with van der Waals surface area (Å²) in [6.45, 7) is 11.2. The van der Waals surface area contributed by atoms with Crippen molar-refractivity contribution in [1.29, 1.82) is 0 Å². The van der Waals surface area contributed by atoms with Gasteiger partial charge in [0.1, 0.15) is 5.78 Å². The minimum atomic E-state index is -0.211. The molecule has 98 valence electrons. The Labute approximate surface area is 101 Å². The molecule has 0 aromatic carbocycles. The van der Waals surface area contributed by atoms with Gasteiger partial charge in [-0.2, -0.15) is 0 Å². The molecule has 0 heterocycles. The molecule has 0 aliphatic carbocycles. The molecule has 0 atom stereocenters. The van der Waals surface area contributed by atoms with Crippen molar-refractivity contribution in [3.05, 3.63) is 0 Å². The molecule has 0 rings (SSSR count). The van der Waals surface area contributed by atoms with Gasteiger partial charge in [-0.15, -0.1) is 0 Å². The van der Waals surface area contributed by atoms with E-state index in [9.17, 15) is 9.59 Å². The second-order valence-electron chi connectivity index (χ2n) is 3.54. The van der Waals surface area contributed by atoms with Crippen LogP contribution in [-0.4, -0.2) is 18.4 Å². The van der Waals surface area contributed by atoms with Crippen LogP contribution in [0.15, 0.2) is 0 Å². The maximum absolute atomic E-state index is 9.82. The van der Waals surface area contributed by atoms with Crippen LogP contribution in [0.4, 0.5) is 0 Å². The quantitative estimate of drug-likeness (QED) is 0.547. The molecule has 0 saturated heterocycles. The van der Waals surface area contributed by atoms with E-state index in [0.717, 1.165) is 0 Å². The lowest BCUT2D eigenvalue weighted by Gasteiger charge is -1.89. The maximum atomic E-state index is 9.82. The number of rotatable bonds is 4. The van der Waals surface area contributed by atoms with Crippen LogP contribution in [0.5, 0.6) is 0 Å². The Bertz CT molecular complexity index is 145. The largest absolute Gasteiger partial charge is 0.466 e. The first-order valence-corrected chi connectivity index (χ1v) is 6.02. The summed E-state index contributed by atoms with van der Waals surface area (Å²) in [6, 6.07) is 0. The Balaban J connectivity index is -0.000000162. The molecule has 0 spiro atoms. The van der Waals surface area contributed by atoms with Gasteiger partial charge in [0.2, 0.25) is 0 Å². The Morgan fingerprint density at radius 3 is 1.25 bits per heavy atom. The summed E-state index contributed by atoms with van der Waals surface area (Å²) in [5, 5.41) is 0. The van der Waals surface area contributed by atoms with Gasteiger partial charge in [-0.25, -0.2) is 0 Å². The van der Waals surface area contributed by atoms with Crippen molar-refractivity contribution >= 4 is 11.8 Å². The Kier molecular flexibility index (Phi) is 25.3. The monoisotopic (exact) mass is 232 g/mol. The zero-order valence-electron chi connectivity index (χ0n) is 11.8. The molecular weight excluding hydrogens is 204 g/mol. The third kappa shape index (κ3) is 73.3. The molecule has 0 aliphatic heterocycles. The lowest BCUT2D eigenvalue weighted by atomic mass is 10.2. The van der Waals surface area contributed by atoms with E-state index in [-0.39, 0.29) is 11.8 Å². The van der Waals surface area contributed by atoms with E-state index in [1.165, 1.54) is 46.5 Å². The molecule has 0 bridgehead atoms. The third-order valence-electron chi connectivity index (χ3n) is 1.30. The summed E-state index contributed by atoms with van der Waals surface area (Å²) in [6.07, 6.45) is 5.54. The van der Waals surface area contributed by atoms with E-state index in [1.807, 2.05) is 0 Å². The van der Waals surface area contributed by atoms with Crippen LogP contribution in [0.1, 0.15) is 67.2 Å². The SMILES string of the molecule is CC(C)=O.CCCCCC.CCOC(C)=O. The van der Waals surface area contributed by atoms with Crippen molar-refractivity contribution < 1.29 is 14.3 Å². The predicted octanol–water partition coefficient (Wildman–Crippen LogP) is 3.75. The zero-order chi connectivity index (χ0) is 13.4. The van der Waals surface area contributed by atoms with Gasteiger partial charge in [-0.05, 0) is 20.8 Å². The highest BCUT2D eigenvalue weighted by molar-refractivity contribution is 5.72. The minimum Gasteiger partial charge on any atom is -0.466 e. The fourth-order valence-electron chi connectivity index (χ4n) is 0.703. The van der Waals surface area contributed by atoms with E-state index in [0.29, 0.717) is 6.61 Å². The highest BCUT2D eigenvalue weighted by Crippen LogP contribution is 1.95. The summed E-state index contributed by atoms with van der Waals surface area (Å²) >= 11 is 0. The summed E-state index contributed by atoms with van der Waals surface area (Å²) < 4.78 is 4.40. The van der Waals surface area contributed by atoms with E-state index in [1.54, 1.807) is 6.92 Å². The maximum Gasteiger partial charge on any atom is 0.302 e. The van der Waals surface area contributed by atoms with Crippen LogP contribution >= 0.6 is 0 Å². The summed E-state index contributed by atoms with van der Waals surface area (Å²) in [7, 11) is 0. The van der Waals surface area contributed by atoms with E-state index >= 15 is 0 Å². The highest BCUT2D eigenvalue weighted by atomic mass is 16.5. The molecule has 0 aliphatic rings. The highest BCUT2D eigenvalue weighted by Gasteiger charge is 1.81. The van der Waals surface area contributed by atoms with E-state index < -0.39 is 0 Å². The van der Waals surface area contributed by atoms with Gasteiger partial charge >= 0.3 is 5.97 Å². The molecule has 16 heavy (non-hydrogen) atoms. The first kappa shape index (κ1) is 20.5. The Morgan fingerprint density at radius 1 is 0.875 bits per heavy atom.